The molecule has 0 aliphatic carbocycles. The lowest BCUT2D eigenvalue weighted by molar-refractivity contribution is 0.333. The average Bonchev–Trinajstić information content (AvgIpc) is 3.42. The summed E-state index contributed by atoms with van der Waals surface area (Å²) in [5.41, 5.74) is 3.77. The Balaban J connectivity index is 1.69. The molecule has 0 radical (unpaired) electrons. The molecule has 2 aliphatic rings. The van der Waals surface area contributed by atoms with E-state index in [-0.39, 0.29) is 18.9 Å². The third-order valence-electron chi connectivity index (χ3n) is 6.31. The molecule has 0 amide bonds. The van der Waals surface area contributed by atoms with Crippen LogP contribution < -0.4 is 9.80 Å². The summed E-state index contributed by atoms with van der Waals surface area (Å²) >= 11 is 0. The Morgan fingerprint density at radius 1 is 1.06 bits per heavy atom. The van der Waals surface area contributed by atoms with Crippen molar-refractivity contribution in [2.75, 3.05) is 22.8 Å². The standard InChI is InChI=1S/C24H30N6O/c1-7-27-9-11-29(17(27)5)21-13-19-20-14-25-16(4)26-24(20)31-23(19)22(15(21)3)30-12-10-28(8-2)18(30)6/h9-14,17-18H,7-8H2,1-6H3/t17-,18+/m1/s1/i2D3,7D2. The van der Waals surface area contributed by atoms with Crippen LogP contribution in [-0.2, 0) is 0 Å². The second-order valence-corrected chi connectivity index (χ2v) is 7.96. The highest BCUT2D eigenvalue weighted by atomic mass is 16.3. The van der Waals surface area contributed by atoms with E-state index >= 15 is 0 Å². The van der Waals surface area contributed by atoms with Gasteiger partial charge in [-0.15, -0.1) is 0 Å². The molecule has 0 saturated carbocycles. The number of anilines is 2. The predicted molar refractivity (Wildman–Crippen MR) is 126 cm³/mol. The van der Waals surface area contributed by atoms with Crippen molar-refractivity contribution in [3.8, 4) is 0 Å². The molecule has 162 valence electrons. The van der Waals surface area contributed by atoms with E-state index in [1.54, 1.807) is 28.4 Å². The van der Waals surface area contributed by atoms with Gasteiger partial charge in [0.25, 0.3) is 0 Å². The molecule has 2 atom stereocenters. The number of benzene rings is 1. The number of hydrogen-bond acceptors (Lipinski definition) is 7. The molecule has 0 N–H and O–H groups in total. The molecule has 0 fully saturated rings. The lowest BCUT2D eigenvalue weighted by atomic mass is 10.0. The molecule has 3 aromatic rings. The summed E-state index contributed by atoms with van der Waals surface area (Å²) in [4.78, 5) is 16.4. The van der Waals surface area contributed by atoms with E-state index in [1.807, 2.05) is 56.0 Å². The van der Waals surface area contributed by atoms with E-state index in [1.165, 1.54) is 6.92 Å². The maximum atomic E-state index is 8.21. The summed E-state index contributed by atoms with van der Waals surface area (Å²) in [5, 5.41) is 1.63. The van der Waals surface area contributed by atoms with Gasteiger partial charge in [0, 0.05) is 67.5 Å². The maximum absolute atomic E-state index is 8.21. The zero-order chi connectivity index (χ0) is 26.2. The van der Waals surface area contributed by atoms with Crippen molar-refractivity contribution < 1.29 is 11.3 Å². The molecule has 5 rings (SSSR count). The van der Waals surface area contributed by atoms with Crippen LogP contribution in [0.2, 0.25) is 0 Å². The van der Waals surface area contributed by atoms with Crippen LogP contribution in [0.5, 0.6) is 0 Å². The second-order valence-electron chi connectivity index (χ2n) is 7.96. The maximum Gasteiger partial charge on any atom is 0.230 e. The molecule has 7 heteroatoms. The highest BCUT2D eigenvalue weighted by molar-refractivity contribution is 6.10. The fourth-order valence-electron chi connectivity index (χ4n) is 4.50. The van der Waals surface area contributed by atoms with E-state index in [0.717, 1.165) is 27.7 Å². The van der Waals surface area contributed by atoms with E-state index in [4.69, 9.17) is 11.3 Å². The minimum absolute atomic E-state index is 0.0692. The van der Waals surface area contributed by atoms with Crippen LogP contribution in [0, 0.1) is 13.8 Å². The van der Waals surface area contributed by atoms with Crippen molar-refractivity contribution >= 4 is 33.4 Å². The van der Waals surface area contributed by atoms with Crippen molar-refractivity contribution in [3.05, 3.63) is 48.5 Å². The fourth-order valence-corrected chi connectivity index (χ4v) is 4.50. The monoisotopic (exact) mass is 423 g/mol. The first kappa shape index (κ1) is 14.7. The van der Waals surface area contributed by atoms with Gasteiger partial charge in [-0.1, -0.05) is 0 Å². The van der Waals surface area contributed by atoms with Gasteiger partial charge in [-0.3, -0.25) is 0 Å². The molecule has 0 unspecified atom stereocenters. The first-order valence-electron chi connectivity index (χ1n) is 12.9. The number of rotatable bonds is 4. The van der Waals surface area contributed by atoms with Crippen LogP contribution in [0.4, 0.5) is 11.4 Å². The van der Waals surface area contributed by atoms with Crippen molar-refractivity contribution in [1.82, 2.24) is 19.8 Å². The topological polar surface area (TPSA) is 51.9 Å². The molecule has 7 nitrogen and oxygen atoms in total. The molecule has 4 heterocycles. The van der Waals surface area contributed by atoms with Crippen LogP contribution in [0.25, 0.3) is 22.1 Å². The lowest BCUT2D eigenvalue weighted by Crippen LogP contribution is -2.37. The van der Waals surface area contributed by atoms with Gasteiger partial charge in [0.1, 0.15) is 18.2 Å². The van der Waals surface area contributed by atoms with Gasteiger partial charge < -0.3 is 24.0 Å². The quantitative estimate of drug-likeness (QED) is 0.591. The fraction of sp³-hybridized carbons (Fsp3) is 0.417. The van der Waals surface area contributed by atoms with Crippen LogP contribution in [0.15, 0.2) is 41.5 Å². The van der Waals surface area contributed by atoms with Crippen molar-refractivity contribution in [1.29, 1.82) is 0 Å². The largest absolute Gasteiger partial charge is 0.435 e. The number of nitrogens with zero attached hydrogens (tertiary/aromatic N) is 6. The Morgan fingerprint density at radius 2 is 1.81 bits per heavy atom. The Morgan fingerprint density at radius 3 is 2.55 bits per heavy atom. The third-order valence-corrected chi connectivity index (χ3v) is 6.31. The first-order chi connectivity index (χ1) is 16.8. The van der Waals surface area contributed by atoms with Crippen molar-refractivity contribution in [2.24, 2.45) is 0 Å². The molecule has 1 aromatic carbocycles. The highest BCUT2D eigenvalue weighted by Gasteiger charge is 2.31. The van der Waals surface area contributed by atoms with Crippen LogP contribution in [0.1, 0.15) is 45.9 Å². The van der Waals surface area contributed by atoms with Gasteiger partial charge in [0.15, 0.2) is 5.58 Å². The van der Waals surface area contributed by atoms with Gasteiger partial charge in [-0.05, 0) is 47.5 Å². The second kappa shape index (κ2) is 7.18. The zero-order valence-electron chi connectivity index (χ0n) is 23.4. The van der Waals surface area contributed by atoms with E-state index in [2.05, 4.69) is 9.97 Å². The molecular formula is C24H30N6O. The molecule has 0 bridgehead atoms. The molecule has 2 aromatic heterocycles. The lowest BCUT2D eigenvalue weighted by Gasteiger charge is -2.33. The molecular weight excluding hydrogens is 388 g/mol. The van der Waals surface area contributed by atoms with Crippen LogP contribution in [-0.4, -0.2) is 45.1 Å². The van der Waals surface area contributed by atoms with E-state index < -0.39 is 13.3 Å². The molecule has 31 heavy (non-hydrogen) atoms. The number of furan rings is 1. The Kier molecular flexibility index (Phi) is 3.41. The summed E-state index contributed by atoms with van der Waals surface area (Å²) in [7, 11) is 0. The summed E-state index contributed by atoms with van der Waals surface area (Å²) in [6.45, 7) is 5.59. The van der Waals surface area contributed by atoms with E-state index in [9.17, 15) is 0 Å². The minimum atomic E-state index is -2.09. The van der Waals surface area contributed by atoms with Gasteiger partial charge in [0.2, 0.25) is 5.71 Å². The normalized spacial score (nSPS) is 24.2. The highest BCUT2D eigenvalue weighted by Crippen LogP contribution is 2.44. The van der Waals surface area contributed by atoms with Crippen LogP contribution >= 0.6 is 0 Å². The summed E-state index contributed by atoms with van der Waals surface area (Å²) < 4.78 is 45.9. The first-order valence-corrected chi connectivity index (χ1v) is 10.4. The number of fused-ring (bicyclic) bond motifs is 3. The summed E-state index contributed by atoms with van der Waals surface area (Å²) in [5.74, 6) is 0.607. The number of hydrogen-bond donors (Lipinski definition) is 0. The average molecular weight is 424 g/mol. The number of aromatic nitrogens is 2. The van der Waals surface area contributed by atoms with Gasteiger partial charge in [-0.2, -0.15) is 4.98 Å². The Hall–Kier alpha value is -3.22. The molecule has 0 saturated heterocycles. The Bertz CT molecular complexity index is 1390. The van der Waals surface area contributed by atoms with Gasteiger partial charge in [0.05, 0.1) is 11.1 Å². The SMILES string of the molecule is [2H]C([2H])([2H])CN1C=CN(c2c(C)c(N3C=CN(C([2H])([2H])C)[C@H]3C)cc3c2oc2nc(C)ncc23)[C@H]1C. The van der Waals surface area contributed by atoms with Crippen LogP contribution in [0.3, 0.4) is 0 Å². The Labute approximate surface area is 190 Å². The molecule has 0 spiro atoms. The van der Waals surface area contributed by atoms with E-state index in [0.29, 0.717) is 17.1 Å². The van der Waals surface area contributed by atoms with Gasteiger partial charge in [-0.25, -0.2) is 4.98 Å². The van der Waals surface area contributed by atoms with Gasteiger partial charge >= 0.3 is 0 Å². The smallest absolute Gasteiger partial charge is 0.230 e. The minimum Gasteiger partial charge on any atom is -0.435 e. The van der Waals surface area contributed by atoms with Crippen molar-refractivity contribution in [2.45, 2.75) is 53.8 Å². The third kappa shape index (κ3) is 2.86. The van der Waals surface area contributed by atoms with Crippen molar-refractivity contribution in [3.63, 3.8) is 0 Å². The number of aryl methyl sites for hydroxylation is 1. The molecule has 2 aliphatic heterocycles. The summed E-state index contributed by atoms with van der Waals surface area (Å²) in [6.07, 6.45) is 8.58. The predicted octanol–water partition coefficient (Wildman–Crippen LogP) is 4.91. The summed E-state index contributed by atoms with van der Waals surface area (Å²) in [6, 6.07) is 2.04. The zero-order valence-corrected chi connectivity index (χ0v) is 18.4.